The quantitative estimate of drug-likeness (QED) is 0.538. The van der Waals surface area contributed by atoms with E-state index in [1.807, 2.05) is 0 Å². The van der Waals surface area contributed by atoms with Crippen LogP contribution < -0.4 is 9.62 Å². The summed E-state index contributed by atoms with van der Waals surface area (Å²) in [5.74, 6) is 0.595. The topological polar surface area (TPSA) is 113 Å². The van der Waals surface area contributed by atoms with Crippen molar-refractivity contribution in [3.8, 4) is 0 Å². The number of nitro groups is 1. The summed E-state index contributed by atoms with van der Waals surface area (Å²) in [5, 5.41) is 21.4. The van der Waals surface area contributed by atoms with Crippen molar-refractivity contribution >= 4 is 21.4 Å². The molecule has 0 aromatic heterocycles. The van der Waals surface area contributed by atoms with Gasteiger partial charge in [0.15, 0.2) is 0 Å². The number of rotatable bonds is 7. The minimum absolute atomic E-state index is 0.117. The molecule has 2 rings (SSSR count). The SMILES string of the molecule is CC1CCC(NS(=O)(=O)c2ccc(N(C)CC(C)(C)O)c([N+](=O)[O-])c2)CC1. The fourth-order valence-electron chi connectivity index (χ4n) is 3.47. The number of nitrogens with zero attached hydrogens (tertiary/aromatic N) is 2. The molecule has 0 saturated heterocycles. The Bertz CT molecular complexity index is 781. The highest BCUT2D eigenvalue weighted by atomic mass is 32.2. The average molecular weight is 400 g/mol. The lowest BCUT2D eigenvalue weighted by Crippen LogP contribution is -2.37. The third-order valence-electron chi connectivity index (χ3n) is 4.83. The van der Waals surface area contributed by atoms with Gasteiger partial charge in [-0.1, -0.05) is 6.92 Å². The van der Waals surface area contributed by atoms with Crippen LogP contribution in [0, 0.1) is 16.0 Å². The standard InChI is InChI=1S/C18H29N3O5S/c1-13-5-7-14(8-6-13)19-27(25,26)15-9-10-16(17(11-15)21(23)24)20(4)12-18(2,3)22/h9-11,13-14,19,22H,5-8,12H2,1-4H3. The second kappa shape index (κ2) is 8.12. The van der Waals surface area contributed by atoms with Crippen LogP contribution in [0.25, 0.3) is 0 Å². The lowest BCUT2D eigenvalue weighted by atomic mass is 9.88. The van der Waals surface area contributed by atoms with Gasteiger partial charge in [0.25, 0.3) is 5.69 Å². The molecule has 0 unspecified atom stereocenters. The first-order valence-corrected chi connectivity index (χ1v) is 10.6. The van der Waals surface area contributed by atoms with Crippen LogP contribution in [0.15, 0.2) is 23.1 Å². The van der Waals surface area contributed by atoms with E-state index in [0.717, 1.165) is 31.7 Å². The maximum atomic E-state index is 12.7. The summed E-state index contributed by atoms with van der Waals surface area (Å²) >= 11 is 0. The van der Waals surface area contributed by atoms with Crippen LogP contribution in [0.3, 0.4) is 0 Å². The van der Waals surface area contributed by atoms with Crippen LogP contribution in [-0.2, 0) is 10.0 Å². The summed E-state index contributed by atoms with van der Waals surface area (Å²) in [6, 6.07) is 3.74. The second-order valence-corrected chi connectivity index (χ2v) is 9.87. The Balaban J connectivity index is 2.27. The predicted molar refractivity (Wildman–Crippen MR) is 104 cm³/mol. The normalized spacial score (nSPS) is 21.1. The summed E-state index contributed by atoms with van der Waals surface area (Å²) in [6.07, 6.45) is 3.48. The van der Waals surface area contributed by atoms with Gasteiger partial charge < -0.3 is 10.0 Å². The second-order valence-electron chi connectivity index (χ2n) is 8.15. The van der Waals surface area contributed by atoms with Gasteiger partial charge in [0.05, 0.1) is 15.4 Å². The van der Waals surface area contributed by atoms with Crippen molar-refractivity contribution in [3.05, 3.63) is 28.3 Å². The van der Waals surface area contributed by atoms with E-state index in [9.17, 15) is 23.6 Å². The summed E-state index contributed by atoms with van der Waals surface area (Å²) in [5.41, 5.74) is -1.10. The Morgan fingerprint density at radius 2 is 1.89 bits per heavy atom. The van der Waals surface area contributed by atoms with Crippen molar-refractivity contribution < 1.29 is 18.4 Å². The summed E-state index contributed by atoms with van der Waals surface area (Å²) in [6.45, 7) is 5.52. The average Bonchev–Trinajstić information content (AvgIpc) is 2.54. The van der Waals surface area contributed by atoms with E-state index in [2.05, 4.69) is 11.6 Å². The molecule has 0 bridgehead atoms. The molecule has 8 nitrogen and oxygen atoms in total. The van der Waals surface area contributed by atoms with Crippen molar-refractivity contribution in [1.29, 1.82) is 0 Å². The smallest absolute Gasteiger partial charge is 0.293 e. The Morgan fingerprint density at radius 1 is 1.30 bits per heavy atom. The van der Waals surface area contributed by atoms with Crippen LogP contribution in [0.2, 0.25) is 0 Å². The molecular formula is C18H29N3O5S. The van der Waals surface area contributed by atoms with E-state index in [4.69, 9.17) is 0 Å². The largest absolute Gasteiger partial charge is 0.389 e. The Morgan fingerprint density at radius 3 is 2.41 bits per heavy atom. The van der Waals surface area contributed by atoms with Crippen LogP contribution in [0.5, 0.6) is 0 Å². The molecule has 1 aliphatic carbocycles. The van der Waals surface area contributed by atoms with E-state index in [-0.39, 0.29) is 28.9 Å². The number of likely N-dealkylation sites (N-methyl/N-ethyl adjacent to an activating group) is 1. The fourth-order valence-corrected chi connectivity index (χ4v) is 4.79. The van der Waals surface area contributed by atoms with E-state index in [1.165, 1.54) is 12.1 Å². The number of nitro benzene ring substituents is 1. The maximum Gasteiger partial charge on any atom is 0.293 e. The molecule has 0 amide bonds. The molecule has 0 radical (unpaired) electrons. The molecule has 152 valence electrons. The fraction of sp³-hybridized carbons (Fsp3) is 0.667. The molecule has 1 saturated carbocycles. The Hall–Kier alpha value is -1.71. The first-order chi connectivity index (χ1) is 12.4. The molecular weight excluding hydrogens is 370 g/mol. The summed E-state index contributed by atoms with van der Waals surface area (Å²) in [4.78, 5) is 12.3. The number of hydrogen-bond donors (Lipinski definition) is 2. The predicted octanol–water partition coefficient (Wildman–Crippen LogP) is 2.66. The molecule has 9 heteroatoms. The van der Waals surface area contributed by atoms with Crippen LogP contribution >= 0.6 is 0 Å². The van der Waals surface area contributed by atoms with Gasteiger partial charge in [0, 0.05) is 25.7 Å². The van der Waals surface area contributed by atoms with Crippen molar-refractivity contribution in [2.45, 2.75) is 63.0 Å². The number of anilines is 1. The molecule has 0 heterocycles. The molecule has 27 heavy (non-hydrogen) atoms. The zero-order valence-electron chi connectivity index (χ0n) is 16.3. The van der Waals surface area contributed by atoms with Crippen LogP contribution in [-0.4, -0.2) is 43.7 Å². The van der Waals surface area contributed by atoms with Gasteiger partial charge in [-0.2, -0.15) is 0 Å². The first kappa shape index (κ1) is 21.6. The van der Waals surface area contributed by atoms with Crippen molar-refractivity contribution in [2.24, 2.45) is 5.92 Å². The lowest BCUT2D eigenvalue weighted by Gasteiger charge is -2.28. The van der Waals surface area contributed by atoms with Gasteiger partial charge in [0.2, 0.25) is 10.0 Å². The molecule has 1 aromatic rings. The van der Waals surface area contributed by atoms with Gasteiger partial charge in [-0.15, -0.1) is 0 Å². The zero-order chi connectivity index (χ0) is 20.4. The number of nitrogens with one attached hydrogen (secondary N) is 1. The molecule has 0 atom stereocenters. The third kappa shape index (κ3) is 5.88. The monoisotopic (exact) mass is 399 g/mol. The minimum atomic E-state index is -3.83. The van der Waals surface area contributed by atoms with Gasteiger partial charge >= 0.3 is 0 Å². The highest BCUT2D eigenvalue weighted by Gasteiger charge is 2.28. The molecule has 1 fully saturated rings. The first-order valence-electron chi connectivity index (χ1n) is 9.13. The van der Waals surface area contributed by atoms with Gasteiger partial charge in [0.1, 0.15) is 5.69 Å². The van der Waals surface area contributed by atoms with Crippen molar-refractivity contribution in [1.82, 2.24) is 4.72 Å². The van der Waals surface area contributed by atoms with E-state index in [0.29, 0.717) is 5.92 Å². The van der Waals surface area contributed by atoms with Crippen LogP contribution in [0.1, 0.15) is 46.5 Å². The molecule has 0 aliphatic heterocycles. The highest BCUT2D eigenvalue weighted by molar-refractivity contribution is 7.89. The Labute approximate surface area is 160 Å². The highest BCUT2D eigenvalue weighted by Crippen LogP contribution is 2.31. The van der Waals surface area contributed by atoms with Crippen molar-refractivity contribution in [3.63, 3.8) is 0 Å². The van der Waals surface area contributed by atoms with Gasteiger partial charge in [-0.3, -0.25) is 10.1 Å². The summed E-state index contributed by atoms with van der Waals surface area (Å²) < 4.78 is 28.0. The molecule has 1 aliphatic rings. The van der Waals surface area contributed by atoms with Crippen LogP contribution in [0.4, 0.5) is 11.4 Å². The van der Waals surface area contributed by atoms with E-state index in [1.54, 1.807) is 25.8 Å². The number of sulfonamides is 1. The number of hydrogen-bond acceptors (Lipinski definition) is 6. The maximum absolute atomic E-state index is 12.7. The van der Waals surface area contributed by atoms with Crippen molar-refractivity contribution in [2.75, 3.05) is 18.5 Å². The summed E-state index contributed by atoms with van der Waals surface area (Å²) in [7, 11) is -2.21. The lowest BCUT2D eigenvalue weighted by molar-refractivity contribution is -0.384. The molecule has 1 aromatic carbocycles. The van der Waals surface area contributed by atoms with Gasteiger partial charge in [-0.05, 0) is 57.6 Å². The number of benzene rings is 1. The van der Waals surface area contributed by atoms with E-state index >= 15 is 0 Å². The molecule has 0 spiro atoms. The van der Waals surface area contributed by atoms with Gasteiger partial charge in [-0.25, -0.2) is 13.1 Å². The number of aliphatic hydroxyl groups is 1. The van der Waals surface area contributed by atoms with E-state index < -0.39 is 20.5 Å². The third-order valence-corrected chi connectivity index (χ3v) is 6.35. The molecule has 2 N–H and O–H groups in total. The zero-order valence-corrected chi connectivity index (χ0v) is 17.1. The minimum Gasteiger partial charge on any atom is -0.389 e. The Kier molecular flexibility index (Phi) is 6.49.